The van der Waals surface area contributed by atoms with E-state index >= 15 is 0 Å². The molecule has 18 heavy (non-hydrogen) atoms. The van der Waals surface area contributed by atoms with Crippen LogP contribution in [0.25, 0.3) is 0 Å². The van der Waals surface area contributed by atoms with Crippen LogP contribution in [0.15, 0.2) is 24.3 Å². The Morgan fingerprint density at radius 3 is 2.33 bits per heavy atom. The Bertz CT molecular complexity index is 339. The number of nitrogens with one attached hydrogen (secondary N) is 1. The third-order valence-electron chi connectivity index (χ3n) is 3.86. The molecule has 2 rings (SSSR count). The Morgan fingerprint density at radius 1 is 1.17 bits per heavy atom. The minimum atomic E-state index is 0.716. The third-order valence-corrected chi connectivity index (χ3v) is 3.86. The lowest BCUT2D eigenvalue weighted by Gasteiger charge is -2.31. The molecule has 100 valence electrons. The fraction of sp³-hybridized carbons (Fsp3) is 0.600. The van der Waals surface area contributed by atoms with Crippen LogP contribution >= 0.6 is 0 Å². The van der Waals surface area contributed by atoms with Gasteiger partial charge in [-0.1, -0.05) is 24.3 Å². The highest BCUT2D eigenvalue weighted by molar-refractivity contribution is 5.22. The summed E-state index contributed by atoms with van der Waals surface area (Å²) < 4.78 is 0. The largest absolute Gasteiger partial charge is 0.330 e. The molecular formula is C15H25N3. The second-order valence-corrected chi connectivity index (χ2v) is 5.19. The van der Waals surface area contributed by atoms with Crippen molar-refractivity contribution in [3.8, 4) is 0 Å². The van der Waals surface area contributed by atoms with E-state index in [0.717, 1.165) is 19.5 Å². The van der Waals surface area contributed by atoms with E-state index in [0.29, 0.717) is 6.04 Å². The summed E-state index contributed by atoms with van der Waals surface area (Å²) in [6.07, 6.45) is 3.51. The number of hydrogen-bond donors (Lipinski definition) is 2. The molecule has 1 saturated heterocycles. The monoisotopic (exact) mass is 247 g/mol. The van der Waals surface area contributed by atoms with Crippen LogP contribution in [0, 0.1) is 0 Å². The minimum Gasteiger partial charge on any atom is -0.330 e. The Hall–Kier alpha value is -0.900. The van der Waals surface area contributed by atoms with E-state index in [1.54, 1.807) is 0 Å². The zero-order chi connectivity index (χ0) is 12.8. The zero-order valence-corrected chi connectivity index (χ0v) is 11.4. The molecule has 3 nitrogen and oxygen atoms in total. The lowest BCUT2D eigenvalue weighted by Crippen LogP contribution is -2.40. The van der Waals surface area contributed by atoms with Crippen LogP contribution in [-0.4, -0.2) is 37.6 Å². The number of benzene rings is 1. The lowest BCUT2D eigenvalue weighted by atomic mass is 10.0. The Labute approximate surface area is 110 Å². The van der Waals surface area contributed by atoms with Crippen LogP contribution in [0.3, 0.4) is 0 Å². The average molecular weight is 247 g/mol. The van der Waals surface area contributed by atoms with Crippen LogP contribution in [0.2, 0.25) is 0 Å². The Balaban J connectivity index is 1.82. The van der Waals surface area contributed by atoms with Crippen molar-refractivity contribution in [3.05, 3.63) is 35.4 Å². The Morgan fingerprint density at radius 2 is 1.78 bits per heavy atom. The smallest absolute Gasteiger partial charge is 0.0233 e. The standard InChI is InChI=1S/C15H25N3/c1-17-15-7-10-18(11-8-15)12-14-4-2-13(3-5-14)6-9-16/h2-5,15,17H,6-12,16H2,1H3. The molecule has 1 fully saturated rings. The van der Waals surface area contributed by atoms with E-state index in [1.807, 2.05) is 0 Å². The topological polar surface area (TPSA) is 41.3 Å². The van der Waals surface area contributed by atoms with Crippen molar-refractivity contribution in [2.75, 3.05) is 26.7 Å². The maximum absolute atomic E-state index is 5.56. The molecule has 0 bridgehead atoms. The summed E-state index contributed by atoms with van der Waals surface area (Å²) in [4.78, 5) is 2.55. The highest BCUT2D eigenvalue weighted by atomic mass is 15.1. The first-order valence-electron chi connectivity index (χ1n) is 6.99. The van der Waals surface area contributed by atoms with Gasteiger partial charge in [-0.15, -0.1) is 0 Å². The average Bonchev–Trinajstić information content (AvgIpc) is 2.42. The normalized spacial score (nSPS) is 18.1. The summed E-state index contributed by atoms with van der Waals surface area (Å²) in [7, 11) is 2.07. The number of nitrogens with zero attached hydrogens (tertiary/aromatic N) is 1. The van der Waals surface area contributed by atoms with Gasteiger partial charge in [0, 0.05) is 12.6 Å². The number of piperidine rings is 1. The van der Waals surface area contributed by atoms with Gasteiger partial charge in [-0.3, -0.25) is 4.90 Å². The van der Waals surface area contributed by atoms with Gasteiger partial charge < -0.3 is 11.1 Å². The molecule has 0 spiro atoms. The predicted molar refractivity (Wildman–Crippen MR) is 76.6 cm³/mol. The molecular weight excluding hydrogens is 222 g/mol. The van der Waals surface area contributed by atoms with Crippen LogP contribution in [-0.2, 0) is 13.0 Å². The highest BCUT2D eigenvalue weighted by Gasteiger charge is 2.17. The van der Waals surface area contributed by atoms with Gasteiger partial charge in [0.2, 0.25) is 0 Å². The van der Waals surface area contributed by atoms with Gasteiger partial charge in [0.1, 0.15) is 0 Å². The number of likely N-dealkylation sites (tertiary alicyclic amines) is 1. The minimum absolute atomic E-state index is 0.716. The summed E-state index contributed by atoms with van der Waals surface area (Å²) in [5, 5.41) is 3.37. The fourth-order valence-corrected chi connectivity index (χ4v) is 2.62. The number of nitrogens with two attached hydrogens (primary N) is 1. The first-order chi connectivity index (χ1) is 8.81. The van der Waals surface area contributed by atoms with Gasteiger partial charge in [-0.05, 0) is 57.1 Å². The van der Waals surface area contributed by atoms with Gasteiger partial charge in [-0.2, -0.15) is 0 Å². The summed E-state index contributed by atoms with van der Waals surface area (Å²) >= 11 is 0. The van der Waals surface area contributed by atoms with E-state index in [1.165, 1.54) is 37.1 Å². The molecule has 0 aromatic heterocycles. The first-order valence-corrected chi connectivity index (χ1v) is 6.99. The molecule has 1 aromatic rings. The van der Waals surface area contributed by atoms with Crippen LogP contribution in [0.1, 0.15) is 24.0 Å². The highest BCUT2D eigenvalue weighted by Crippen LogP contribution is 2.14. The molecule has 0 radical (unpaired) electrons. The van der Waals surface area contributed by atoms with Gasteiger partial charge >= 0.3 is 0 Å². The maximum atomic E-state index is 5.56. The van der Waals surface area contributed by atoms with Gasteiger partial charge in [0.25, 0.3) is 0 Å². The maximum Gasteiger partial charge on any atom is 0.0233 e. The summed E-state index contributed by atoms with van der Waals surface area (Å²) in [5.41, 5.74) is 8.32. The summed E-state index contributed by atoms with van der Waals surface area (Å²) in [5.74, 6) is 0. The Kier molecular flexibility index (Phi) is 5.17. The van der Waals surface area contributed by atoms with Crippen molar-refractivity contribution < 1.29 is 0 Å². The zero-order valence-electron chi connectivity index (χ0n) is 11.4. The second-order valence-electron chi connectivity index (χ2n) is 5.19. The van der Waals surface area contributed by atoms with E-state index in [2.05, 4.69) is 41.5 Å². The van der Waals surface area contributed by atoms with Crippen LogP contribution < -0.4 is 11.1 Å². The molecule has 0 aliphatic carbocycles. The molecule has 1 aliphatic rings. The lowest BCUT2D eigenvalue weighted by molar-refractivity contribution is 0.194. The molecule has 0 unspecified atom stereocenters. The number of rotatable bonds is 5. The van der Waals surface area contributed by atoms with E-state index < -0.39 is 0 Å². The van der Waals surface area contributed by atoms with E-state index in [9.17, 15) is 0 Å². The van der Waals surface area contributed by atoms with Gasteiger partial charge in [0.05, 0.1) is 0 Å². The van der Waals surface area contributed by atoms with Crippen LogP contribution in [0.5, 0.6) is 0 Å². The van der Waals surface area contributed by atoms with Crippen molar-refractivity contribution >= 4 is 0 Å². The van der Waals surface area contributed by atoms with Crippen LogP contribution in [0.4, 0.5) is 0 Å². The number of hydrogen-bond acceptors (Lipinski definition) is 3. The molecule has 3 heteroatoms. The quantitative estimate of drug-likeness (QED) is 0.826. The van der Waals surface area contributed by atoms with Crippen molar-refractivity contribution in [3.63, 3.8) is 0 Å². The molecule has 0 amide bonds. The summed E-state index contributed by atoms with van der Waals surface area (Å²) in [6.45, 7) is 4.22. The fourth-order valence-electron chi connectivity index (χ4n) is 2.62. The van der Waals surface area contributed by atoms with Crippen molar-refractivity contribution in [1.82, 2.24) is 10.2 Å². The molecule has 3 N–H and O–H groups in total. The first kappa shape index (κ1) is 13.5. The second kappa shape index (κ2) is 6.88. The van der Waals surface area contributed by atoms with Gasteiger partial charge in [-0.25, -0.2) is 0 Å². The third kappa shape index (κ3) is 3.80. The molecule has 1 aliphatic heterocycles. The molecule has 1 heterocycles. The summed E-state index contributed by atoms with van der Waals surface area (Å²) in [6, 6.07) is 9.63. The SMILES string of the molecule is CNC1CCN(Cc2ccc(CCN)cc2)CC1. The van der Waals surface area contributed by atoms with Crippen molar-refractivity contribution in [2.24, 2.45) is 5.73 Å². The van der Waals surface area contributed by atoms with Gasteiger partial charge in [0.15, 0.2) is 0 Å². The molecule has 1 aromatic carbocycles. The van der Waals surface area contributed by atoms with E-state index in [4.69, 9.17) is 5.73 Å². The molecule has 0 saturated carbocycles. The molecule has 0 atom stereocenters. The van der Waals surface area contributed by atoms with Crippen molar-refractivity contribution in [2.45, 2.75) is 31.8 Å². The predicted octanol–water partition coefficient (Wildman–Crippen LogP) is 1.37. The van der Waals surface area contributed by atoms with Crippen molar-refractivity contribution in [1.29, 1.82) is 0 Å². The van der Waals surface area contributed by atoms with E-state index in [-0.39, 0.29) is 0 Å².